The van der Waals surface area contributed by atoms with Crippen molar-refractivity contribution in [3.8, 4) is 0 Å². The zero-order valence-electron chi connectivity index (χ0n) is 4.35. The maximum atomic E-state index is 8.79. The van der Waals surface area contributed by atoms with Crippen molar-refractivity contribution in [1.29, 1.82) is 0 Å². The molecule has 0 heterocycles. The van der Waals surface area contributed by atoms with Crippen LogP contribution in [-0.2, 0) is 0 Å². The zero-order valence-corrected chi connectivity index (χ0v) is 5.86. The van der Waals surface area contributed by atoms with E-state index < -0.39 is 6.10 Å². The highest BCUT2D eigenvalue weighted by atomic mass is 35.5. The van der Waals surface area contributed by atoms with Gasteiger partial charge in [-0.05, 0) is 12.5 Å². The average Bonchev–Trinajstić information content (AvgIpc) is 1.68. The van der Waals surface area contributed by atoms with Crippen molar-refractivity contribution in [2.75, 3.05) is 5.88 Å². The number of hydrogen-bond donors (Lipinski definition) is 1. The lowest BCUT2D eigenvalue weighted by Crippen LogP contribution is -2.01. The molecule has 1 N–H and O–H groups in total. The minimum atomic E-state index is -0.481. The van der Waals surface area contributed by atoms with Crippen LogP contribution in [0.3, 0.4) is 0 Å². The number of aliphatic hydroxyl groups is 1. The summed E-state index contributed by atoms with van der Waals surface area (Å²) in [7, 11) is 0. The summed E-state index contributed by atoms with van der Waals surface area (Å²) in [5.41, 5.74) is 1.29. The van der Waals surface area contributed by atoms with Crippen LogP contribution in [0.4, 0.5) is 0 Å². The summed E-state index contributed by atoms with van der Waals surface area (Å²) in [6, 6.07) is 0. The van der Waals surface area contributed by atoms with Gasteiger partial charge in [0.25, 0.3) is 0 Å². The summed E-state index contributed by atoms with van der Waals surface area (Å²) < 4.78 is 0. The lowest BCUT2D eigenvalue weighted by Gasteiger charge is -1.97. The molecule has 0 aromatic rings. The van der Waals surface area contributed by atoms with Gasteiger partial charge in [-0.1, -0.05) is 11.6 Å². The van der Waals surface area contributed by atoms with Crippen LogP contribution >= 0.6 is 23.2 Å². The topological polar surface area (TPSA) is 20.2 Å². The summed E-state index contributed by atoms with van der Waals surface area (Å²) in [5.74, 6) is 0.461. The summed E-state index contributed by atoms with van der Waals surface area (Å²) in [6.45, 7) is 0. The highest BCUT2D eigenvalue weighted by Gasteiger charge is 1.93. The van der Waals surface area contributed by atoms with Gasteiger partial charge in [0.1, 0.15) is 0 Å². The van der Waals surface area contributed by atoms with Gasteiger partial charge in [0.2, 0.25) is 0 Å². The molecule has 0 aromatic heterocycles. The van der Waals surface area contributed by atoms with Crippen molar-refractivity contribution in [1.82, 2.24) is 0 Å². The van der Waals surface area contributed by atoms with Gasteiger partial charge >= 0.3 is 0 Å². The van der Waals surface area contributed by atoms with E-state index in [9.17, 15) is 0 Å². The fourth-order valence-electron chi connectivity index (χ4n) is 0.292. The summed E-state index contributed by atoms with van der Waals surface area (Å²) in [6.07, 6.45) is 1.57. The van der Waals surface area contributed by atoms with E-state index in [4.69, 9.17) is 28.3 Å². The molecule has 0 saturated carbocycles. The number of rotatable bonds is 3. The number of alkyl halides is 1. The van der Waals surface area contributed by atoms with Crippen LogP contribution < -0.4 is 0 Å². The smallest absolute Gasteiger partial charge is 0.0743 e. The van der Waals surface area contributed by atoms with E-state index in [0.717, 1.165) is 0 Å². The predicted molar refractivity (Wildman–Crippen MR) is 36.3 cm³/mol. The normalized spacial score (nSPS) is 14.9. The van der Waals surface area contributed by atoms with Gasteiger partial charge in [-0.25, -0.2) is 0 Å². The number of aliphatic hydroxyl groups excluding tert-OH is 1. The first-order chi connectivity index (χ1) is 3.81. The molecule has 8 heavy (non-hydrogen) atoms. The monoisotopic (exact) mass is 154 g/mol. The Hall–Kier alpha value is 0.280. The molecular weight excluding hydrogens is 147 g/mol. The minimum Gasteiger partial charge on any atom is -0.389 e. The van der Waals surface area contributed by atoms with Crippen LogP contribution in [0.15, 0.2) is 11.6 Å². The highest BCUT2D eigenvalue weighted by Crippen LogP contribution is 1.95. The van der Waals surface area contributed by atoms with Crippen LogP contribution in [0.1, 0.15) is 6.42 Å². The van der Waals surface area contributed by atoms with Crippen LogP contribution in [0.5, 0.6) is 0 Å². The molecule has 0 fully saturated rings. The second-order valence-electron chi connectivity index (χ2n) is 1.36. The third-order valence-electron chi connectivity index (χ3n) is 0.700. The second kappa shape index (κ2) is 5.42. The van der Waals surface area contributed by atoms with E-state index in [0.29, 0.717) is 12.3 Å². The molecule has 0 amide bonds. The van der Waals surface area contributed by atoms with Crippen LogP contribution in [0.2, 0.25) is 0 Å². The van der Waals surface area contributed by atoms with E-state index >= 15 is 0 Å². The van der Waals surface area contributed by atoms with Crippen LogP contribution in [-0.4, -0.2) is 17.1 Å². The molecule has 0 aliphatic heterocycles. The molecule has 0 spiro atoms. The van der Waals surface area contributed by atoms with E-state index in [-0.39, 0.29) is 0 Å². The molecule has 1 atom stereocenters. The molecule has 48 valence electrons. The molecule has 0 aliphatic carbocycles. The molecule has 0 bridgehead atoms. The van der Waals surface area contributed by atoms with Crippen molar-refractivity contribution in [3.63, 3.8) is 0 Å². The SMILES string of the molecule is OC(C=CCl)CCCl. The Labute approximate surface area is 58.9 Å². The number of hydrogen-bond acceptors (Lipinski definition) is 1. The lowest BCUT2D eigenvalue weighted by molar-refractivity contribution is 0.220. The molecule has 3 heteroatoms. The number of halogens is 2. The molecule has 0 saturated heterocycles. The second-order valence-corrected chi connectivity index (χ2v) is 1.99. The summed E-state index contributed by atoms with van der Waals surface area (Å²) >= 11 is 10.4. The Morgan fingerprint density at radius 3 is 2.62 bits per heavy atom. The zero-order chi connectivity index (χ0) is 6.41. The van der Waals surface area contributed by atoms with Crippen molar-refractivity contribution in [3.05, 3.63) is 11.6 Å². The fourth-order valence-corrected chi connectivity index (χ4v) is 0.683. The van der Waals surface area contributed by atoms with E-state index in [1.165, 1.54) is 11.6 Å². The Kier molecular flexibility index (Phi) is 5.61. The first kappa shape index (κ1) is 8.28. The van der Waals surface area contributed by atoms with Gasteiger partial charge in [0, 0.05) is 11.4 Å². The molecule has 0 aliphatic rings. The standard InChI is InChI=1S/C5H8Cl2O/c6-3-1-5(8)2-4-7/h1,3,5,8H,2,4H2. The van der Waals surface area contributed by atoms with Gasteiger partial charge in [0.15, 0.2) is 0 Å². The average molecular weight is 155 g/mol. The Morgan fingerprint density at radius 1 is 1.62 bits per heavy atom. The van der Waals surface area contributed by atoms with Gasteiger partial charge in [-0.3, -0.25) is 0 Å². The van der Waals surface area contributed by atoms with Crippen molar-refractivity contribution in [2.24, 2.45) is 0 Å². The van der Waals surface area contributed by atoms with E-state index in [1.807, 2.05) is 0 Å². The lowest BCUT2D eigenvalue weighted by atomic mass is 10.3. The molecular formula is C5H8Cl2O. The third-order valence-corrected chi connectivity index (χ3v) is 1.06. The largest absolute Gasteiger partial charge is 0.389 e. The first-order valence-electron chi connectivity index (χ1n) is 2.32. The van der Waals surface area contributed by atoms with E-state index in [1.54, 1.807) is 0 Å². The summed E-state index contributed by atoms with van der Waals surface area (Å²) in [4.78, 5) is 0. The third kappa shape index (κ3) is 4.44. The molecule has 1 unspecified atom stereocenters. The molecule has 0 aromatic carbocycles. The van der Waals surface area contributed by atoms with Gasteiger partial charge in [-0.2, -0.15) is 0 Å². The van der Waals surface area contributed by atoms with Crippen molar-refractivity contribution < 1.29 is 5.11 Å². The van der Waals surface area contributed by atoms with Crippen LogP contribution in [0.25, 0.3) is 0 Å². The van der Waals surface area contributed by atoms with Gasteiger partial charge < -0.3 is 5.11 Å². The quantitative estimate of drug-likeness (QED) is 0.615. The van der Waals surface area contributed by atoms with Gasteiger partial charge in [-0.15, -0.1) is 11.6 Å². The van der Waals surface area contributed by atoms with E-state index in [2.05, 4.69) is 0 Å². The molecule has 0 radical (unpaired) electrons. The fraction of sp³-hybridized carbons (Fsp3) is 0.600. The Balaban J connectivity index is 3.17. The first-order valence-corrected chi connectivity index (χ1v) is 3.29. The molecule has 1 nitrogen and oxygen atoms in total. The Bertz CT molecular complexity index is 72.8. The summed E-state index contributed by atoms with van der Waals surface area (Å²) in [5, 5.41) is 8.79. The van der Waals surface area contributed by atoms with Gasteiger partial charge in [0.05, 0.1) is 6.10 Å². The highest BCUT2D eigenvalue weighted by molar-refractivity contribution is 6.25. The van der Waals surface area contributed by atoms with Crippen LogP contribution in [0, 0.1) is 0 Å². The Morgan fingerprint density at radius 2 is 2.25 bits per heavy atom. The molecule has 0 rings (SSSR count). The predicted octanol–water partition coefficient (Wildman–Crippen LogP) is 1.73. The van der Waals surface area contributed by atoms with Crippen molar-refractivity contribution >= 4 is 23.2 Å². The van der Waals surface area contributed by atoms with Crippen molar-refractivity contribution in [2.45, 2.75) is 12.5 Å². The minimum absolute atomic E-state index is 0.461. The maximum Gasteiger partial charge on any atom is 0.0743 e. The maximum absolute atomic E-state index is 8.79.